The second-order valence-corrected chi connectivity index (χ2v) is 7.09. The van der Waals surface area contributed by atoms with E-state index in [1.54, 1.807) is 0 Å². The van der Waals surface area contributed by atoms with E-state index < -0.39 is 0 Å². The quantitative estimate of drug-likeness (QED) is 0.372. The summed E-state index contributed by atoms with van der Waals surface area (Å²) in [5.41, 5.74) is 0. The molecule has 0 aliphatic carbocycles. The van der Waals surface area contributed by atoms with Crippen molar-refractivity contribution < 1.29 is 0 Å². The molecule has 0 nitrogen and oxygen atoms in total. The van der Waals surface area contributed by atoms with Gasteiger partial charge in [0.05, 0.1) is 0 Å². The van der Waals surface area contributed by atoms with E-state index in [2.05, 4.69) is 41.5 Å². The third-order valence-corrected chi connectivity index (χ3v) is 3.89. The highest BCUT2D eigenvalue weighted by Crippen LogP contribution is 2.27. The average molecular weight is 313 g/mol. The Labute approximate surface area is 139 Å². The molecule has 1 heteroatoms. The van der Waals surface area contributed by atoms with Crippen molar-refractivity contribution in [1.29, 1.82) is 0 Å². The van der Waals surface area contributed by atoms with Gasteiger partial charge in [0.1, 0.15) is 0 Å². The number of benzene rings is 1. The van der Waals surface area contributed by atoms with Crippen LogP contribution in [0.5, 0.6) is 0 Å². The summed E-state index contributed by atoms with van der Waals surface area (Å²) in [7, 11) is 0. The van der Waals surface area contributed by atoms with Crippen LogP contribution < -0.4 is 0 Å². The van der Waals surface area contributed by atoms with Crippen molar-refractivity contribution in [2.24, 2.45) is 5.92 Å². The molecule has 0 aliphatic rings. The van der Waals surface area contributed by atoms with Crippen molar-refractivity contribution in [3.8, 4) is 0 Å². The standard InChI is InChI=1S/C8H17Cl.C6H6.C6H14/c1-5-6-7(2)8(3,4)9;1-2-4-6-5-3-1;1-3-5-6-4-2/h7H,5-6H2,1-4H3;1-6H;3-6H2,1-2H3. The van der Waals surface area contributed by atoms with Crippen LogP contribution in [0, 0.1) is 5.92 Å². The third-order valence-electron chi connectivity index (χ3n) is 3.52. The lowest BCUT2D eigenvalue weighted by atomic mass is 9.93. The topological polar surface area (TPSA) is 0 Å². The summed E-state index contributed by atoms with van der Waals surface area (Å²) in [4.78, 5) is -0.0178. The third kappa shape index (κ3) is 19.5. The largest absolute Gasteiger partial charge is 0.120 e. The molecule has 1 rings (SSSR count). The van der Waals surface area contributed by atoms with Gasteiger partial charge in [0.25, 0.3) is 0 Å². The number of unbranched alkanes of at least 4 members (excludes halogenated alkanes) is 3. The first-order valence-electron chi connectivity index (χ1n) is 8.58. The molecule has 0 saturated heterocycles. The van der Waals surface area contributed by atoms with Crippen molar-refractivity contribution in [2.75, 3.05) is 0 Å². The number of halogens is 1. The summed E-state index contributed by atoms with van der Waals surface area (Å²) in [6.45, 7) is 13.0. The smallest absolute Gasteiger partial charge is 0.0416 e. The van der Waals surface area contributed by atoms with Crippen molar-refractivity contribution in [3.63, 3.8) is 0 Å². The average Bonchev–Trinajstić information content (AvgIpc) is 2.47. The highest BCUT2D eigenvalue weighted by Gasteiger charge is 2.20. The Morgan fingerprint density at radius 2 is 1.10 bits per heavy atom. The van der Waals surface area contributed by atoms with Gasteiger partial charge >= 0.3 is 0 Å². The molecular formula is C20H37Cl. The summed E-state index contributed by atoms with van der Waals surface area (Å²) < 4.78 is 0. The van der Waals surface area contributed by atoms with Gasteiger partial charge in [0, 0.05) is 4.87 Å². The van der Waals surface area contributed by atoms with Crippen LogP contribution in [0.1, 0.15) is 80.1 Å². The van der Waals surface area contributed by atoms with Crippen LogP contribution in [0.25, 0.3) is 0 Å². The Balaban J connectivity index is 0. The normalized spacial score (nSPS) is 11.6. The van der Waals surface area contributed by atoms with E-state index in [9.17, 15) is 0 Å². The monoisotopic (exact) mass is 312 g/mol. The fourth-order valence-electron chi connectivity index (χ4n) is 1.66. The molecule has 0 spiro atoms. The molecule has 1 aromatic rings. The van der Waals surface area contributed by atoms with Crippen molar-refractivity contribution >= 4 is 11.6 Å². The van der Waals surface area contributed by atoms with Crippen LogP contribution in [-0.2, 0) is 0 Å². The summed E-state index contributed by atoms with van der Waals surface area (Å²) in [5, 5.41) is 0. The van der Waals surface area contributed by atoms with Crippen LogP contribution in [0.4, 0.5) is 0 Å². The van der Waals surface area contributed by atoms with Crippen LogP contribution in [0.2, 0.25) is 0 Å². The predicted molar refractivity (Wildman–Crippen MR) is 100 cm³/mol. The van der Waals surface area contributed by atoms with Crippen molar-refractivity contribution in [2.45, 2.75) is 84.9 Å². The van der Waals surface area contributed by atoms with Gasteiger partial charge in [-0.25, -0.2) is 0 Å². The van der Waals surface area contributed by atoms with E-state index in [1.165, 1.54) is 38.5 Å². The molecule has 0 bridgehead atoms. The highest BCUT2D eigenvalue weighted by molar-refractivity contribution is 6.23. The lowest BCUT2D eigenvalue weighted by molar-refractivity contribution is 0.418. The first-order valence-corrected chi connectivity index (χ1v) is 8.96. The maximum Gasteiger partial charge on any atom is 0.0416 e. The Morgan fingerprint density at radius 1 is 0.762 bits per heavy atom. The Hall–Kier alpha value is -0.490. The first-order chi connectivity index (χ1) is 9.90. The van der Waals surface area contributed by atoms with Gasteiger partial charge in [-0.3, -0.25) is 0 Å². The molecule has 1 aromatic carbocycles. The minimum absolute atomic E-state index is 0.0178. The van der Waals surface area contributed by atoms with Crippen LogP contribution >= 0.6 is 11.6 Å². The number of hydrogen-bond donors (Lipinski definition) is 0. The molecule has 21 heavy (non-hydrogen) atoms. The van der Waals surface area contributed by atoms with E-state index in [-0.39, 0.29) is 4.87 Å². The fraction of sp³-hybridized carbons (Fsp3) is 0.700. The van der Waals surface area contributed by atoms with Gasteiger partial charge in [-0.1, -0.05) is 96.2 Å². The molecule has 0 aliphatic heterocycles. The van der Waals surface area contributed by atoms with E-state index in [0.717, 1.165) is 0 Å². The summed E-state index contributed by atoms with van der Waals surface area (Å²) >= 11 is 6.06. The molecule has 0 fully saturated rings. The number of hydrogen-bond acceptors (Lipinski definition) is 0. The van der Waals surface area contributed by atoms with Crippen LogP contribution in [0.15, 0.2) is 36.4 Å². The predicted octanol–water partition coefficient (Wildman–Crippen LogP) is 7.71. The Kier molecular flexibility index (Phi) is 17.2. The van der Waals surface area contributed by atoms with Crippen molar-refractivity contribution in [3.05, 3.63) is 36.4 Å². The molecule has 124 valence electrons. The van der Waals surface area contributed by atoms with Gasteiger partial charge in [0.15, 0.2) is 0 Å². The lowest BCUT2D eigenvalue weighted by Crippen LogP contribution is -2.21. The van der Waals surface area contributed by atoms with E-state index in [0.29, 0.717) is 5.92 Å². The maximum atomic E-state index is 6.06. The molecule has 1 unspecified atom stereocenters. The van der Waals surface area contributed by atoms with Gasteiger partial charge in [-0.15, -0.1) is 11.6 Å². The summed E-state index contributed by atoms with van der Waals surface area (Å²) in [5.74, 6) is 0.629. The van der Waals surface area contributed by atoms with E-state index in [1.807, 2.05) is 36.4 Å². The molecule has 0 N–H and O–H groups in total. The second-order valence-electron chi connectivity index (χ2n) is 6.12. The molecule has 0 amide bonds. The zero-order valence-electron chi connectivity index (χ0n) is 15.2. The number of alkyl halides is 1. The minimum Gasteiger partial charge on any atom is -0.120 e. The molecule has 0 saturated carbocycles. The zero-order chi connectivity index (χ0) is 16.6. The summed E-state index contributed by atoms with van der Waals surface area (Å²) in [6.07, 6.45) is 8.00. The van der Waals surface area contributed by atoms with Crippen LogP contribution in [0.3, 0.4) is 0 Å². The molecule has 0 heterocycles. The molecule has 0 radical (unpaired) electrons. The maximum absolute atomic E-state index is 6.06. The minimum atomic E-state index is -0.0178. The van der Waals surface area contributed by atoms with Gasteiger partial charge < -0.3 is 0 Å². The SMILES string of the molecule is CCCC(C)C(C)(C)Cl.CCCCCC.c1ccccc1. The van der Waals surface area contributed by atoms with Crippen molar-refractivity contribution in [1.82, 2.24) is 0 Å². The molecule has 1 atom stereocenters. The van der Waals surface area contributed by atoms with Gasteiger partial charge in [0.2, 0.25) is 0 Å². The zero-order valence-corrected chi connectivity index (χ0v) is 15.9. The number of rotatable bonds is 6. The Morgan fingerprint density at radius 3 is 1.24 bits per heavy atom. The fourth-order valence-corrected chi connectivity index (χ4v) is 1.77. The Bertz CT molecular complexity index is 243. The highest BCUT2D eigenvalue weighted by atomic mass is 35.5. The van der Waals surface area contributed by atoms with Gasteiger partial charge in [-0.2, -0.15) is 0 Å². The molecular weight excluding hydrogens is 276 g/mol. The second kappa shape index (κ2) is 15.9. The van der Waals surface area contributed by atoms with E-state index in [4.69, 9.17) is 11.6 Å². The lowest BCUT2D eigenvalue weighted by Gasteiger charge is -2.23. The van der Waals surface area contributed by atoms with E-state index >= 15 is 0 Å². The van der Waals surface area contributed by atoms with Gasteiger partial charge in [-0.05, 0) is 26.2 Å². The van der Waals surface area contributed by atoms with Crippen LogP contribution in [-0.4, -0.2) is 4.87 Å². The summed E-state index contributed by atoms with van der Waals surface area (Å²) in [6, 6.07) is 12.0. The first kappa shape index (κ1) is 22.8. The molecule has 0 aromatic heterocycles.